The van der Waals surface area contributed by atoms with Gasteiger partial charge in [0.1, 0.15) is 28.9 Å². The SMILES string of the molecule is CC(C)(C)OC(=O)NN(CC1CCCCC1)C[C@H](OC(=O)c1ccccn1)[C@@H](C(=O)OC(C)(C)C)C(N)c1ccccc1. The van der Waals surface area contributed by atoms with Crippen molar-refractivity contribution in [2.24, 2.45) is 17.6 Å². The molecule has 1 unspecified atom stereocenters. The third-order valence-corrected chi connectivity index (χ3v) is 7.04. The first kappa shape index (κ1) is 34.0. The number of amides is 1. The monoisotopic (exact) mass is 596 g/mol. The highest BCUT2D eigenvalue weighted by Gasteiger charge is 2.42. The maximum absolute atomic E-state index is 13.9. The number of nitrogens with one attached hydrogen (secondary N) is 1. The van der Waals surface area contributed by atoms with Crippen molar-refractivity contribution in [2.75, 3.05) is 13.1 Å². The van der Waals surface area contributed by atoms with Crippen LogP contribution in [-0.2, 0) is 19.0 Å². The fourth-order valence-electron chi connectivity index (χ4n) is 5.18. The van der Waals surface area contributed by atoms with Crippen molar-refractivity contribution >= 4 is 18.0 Å². The van der Waals surface area contributed by atoms with Crippen LogP contribution in [0.3, 0.4) is 0 Å². The first-order chi connectivity index (χ1) is 20.2. The number of aromatic nitrogens is 1. The first-order valence-corrected chi connectivity index (χ1v) is 15.1. The summed E-state index contributed by atoms with van der Waals surface area (Å²) < 4.78 is 17.5. The molecular formula is C33H48N4O6. The predicted octanol–water partition coefficient (Wildman–Crippen LogP) is 5.59. The molecule has 3 N–H and O–H groups in total. The number of carbonyl (C=O) groups excluding carboxylic acids is 3. The van der Waals surface area contributed by atoms with Gasteiger partial charge in [-0.15, -0.1) is 0 Å². The van der Waals surface area contributed by atoms with Crippen LogP contribution in [0.25, 0.3) is 0 Å². The van der Waals surface area contributed by atoms with Crippen molar-refractivity contribution in [1.29, 1.82) is 0 Å². The number of nitrogens with two attached hydrogens (primary N) is 1. The van der Waals surface area contributed by atoms with Crippen molar-refractivity contribution in [3.05, 3.63) is 66.0 Å². The second kappa shape index (κ2) is 15.3. The zero-order valence-corrected chi connectivity index (χ0v) is 26.4. The molecule has 3 atom stereocenters. The number of hydrogen-bond donors (Lipinski definition) is 2. The third-order valence-electron chi connectivity index (χ3n) is 7.04. The Balaban J connectivity index is 2.02. The Morgan fingerprint density at radius 2 is 1.56 bits per heavy atom. The van der Waals surface area contributed by atoms with Crippen molar-refractivity contribution in [3.63, 3.8) is 0 Å². The van der Waals surface area contributed by atoms with E-state index in [0.29, 0.717) is 18.0 Å². The number of carbonyl (C=O) groups is 3. The van der Waals surface area contributed by atoms with Crippen LogP contribution >= 0.6 is 0 Å². The maximum Gasteiger partial charge on any atom is 0.422 e. The van der Waals surface area contributed by atoms with Gasteiger partial charge in [0.15, 0.2) is 0 Å². The lowest BCUT2D eigenvalue weighted by Crippen LogP contribution is -2.54. The van der Waals surface area contributed by atoms with Gasteiger partial charge in [-0.1, -0.05) is 55.7 Å². The van der Waals surface area contributed by atoms with Gasteiger partial charge in [0.05, 0.1) is 6.54 Å². The minimum absolute atomic E-state index is 0.0290. The van der Waals surface area contributed by atoms with Gasteiger partial charge in [0, 0.05) is 18.8 Å². The summed E-state index contributed by atoms with van der Waals surface area (Å²) >= 11 is 0. The normalized spacial score (nSPS) is 16.6. The van der Waals surface area contributed by atoms with Crippen LogP contribution in [-0.4, -0.2) is 58.4 Å². The Hall–Kier alpha value is -3.50. The van der Waals surface area contributed by atoms with E-state index in [1.54, 1.807) is 58.7 Å². The van der Waals surface area contributed by atoms with E-state index in [0.717, 1.165) is 25.7 Å². The lowest BCUT2D eigenvalue weighted by atomic mass is 9.87. The van der Waals surface area contributed by atoms with Gasteiger partial charge in [-0.3, -0.25) is 10.2 Å². The second-order valence-corrected chi connectivity index (χ2v) is 13.2. The molecule has 0 saturated heterocycles. The Bertz CT molecular complexity index is 1170. The van der Waals surface area contributed by atoms with Gasteiger partial charge in [-0.25, -0.2) is 19.6 Å². The van der Waals surface area contributed by atoms with Crippen LogP contribution in [0.1, 0.15) is 95.7 Å². The van der Waals surface area contributed by atoms with Crippen LogP contribution < -0.4 is 11.2 Å². The van der Waals surface area contributed by atoms with Gasteiger partial charge >= 0.3 is 18.0 Å². The number of rotatable bonds is 11. The summed E-state index contributed by atoms with van der Waals surface area (Å²) in [5.41, 5.74) is 8.86. The van der Waals surface area contributed by atoms with E-state index in [1.165, 1.54) is 18.7 Å². The Morgan fingerprint density at radius 1 is 0.930 bits per heavy atom. The number of benzene rings is 1. The molecule has 0 spiro atoms. The van der Waals surface area contributed by atoms with Gasteiger partial charge < -0.3 is 19.9 Å². The molecule has 0 aliphatic heterocycles. The highest BCUT2D eigenvalue weighted by molar-refractivity contribution is 5.87. The summed E-state index contributed by atoms with van der Waals surface area (Å²) in [5, 5.41) is 1.69. The quantitative estimate of drug-likeness (QED) is 0.194. The van der Waals surface area contributed by atoms with Gasteiger partial charge in [0.2, 0.25) is 0 Å². The van der Waals surface area contributed by atoms with E-state index >= 15 is 0 Å². The summed E-state index contributed by atoms with van der Waals surface area (Å²) in [5.74, 6) is -2.13. The first-order valence-electron chi connectivity index (χ1n) is 15.1. The van der Waals surface area contributed by atoms with Crippen molar-refractivity contribution in [2.45, 2.75) is 97.0 Å². The fraction of sp³-hybridized carbons (Fsp3) is 0.576. The lowest BCUT2D eigenvalue weighted by molar-refractivity contribution is -0.166. The van der Waals surface area contributed by atoms with Gasteiger partial charge in [-0.2, -0.15) is 0 Å². The molecule has 3 rings (SSSR count). The largest absolute Gasteiger partial charge is 0.460 e. The summed E-state index contributed by atoms with van der Waals surface area (Å²) in [4.78, 5) is 44.4. The lowest BCUT2D eigenvalue weighted by Gasteiger charge is -2.37. The molecule has 1 aromatic heterocycles. The standard InChI is InChI=1S/C33H48N4O6/c1-32(2,3)42-30(39)27(28(34)24-17-11-8-12-18-24)26(41-29(38)25-19-13-14-20-35-25)22-37(21-23-15-9-7-10-16-23)36-31(40)43-33(4,5)6/h8,11-14,17-20,23,26-28H,7,9-10,15-16,21-22,34H2,1-6H3,(H,36,40)/t26-,27+,28?/m0/s1. The molecule has 1 aliphatic carbocycles. The molecular weight excluding hydrogens is 548 g/mol. The molecule has 1 amide bonds. The van der Waals surface area contributed by atoms with Crippen LogP contribution in [0.15, 0.2) is 54.7 Å². The molecule has 0 radical (unpaired) electrons. The number of nitrogens with zero attached hydrogens (tertiary/aromatic N) is 2. The summed E-state index contributed by atoms with van der Waals surface area (Å²) in [7, 11) is 0. The number of hydrogen-bond acceptors (Lipinski definition) is 9. The van der Waals surface area contributed by atoms with Crippen molar-refractivity contribution < 1.29 is 28.6 Å². The molecule has 1 aliphatic rings. The Labute approximate surface area is 255 Å². The van der Waals surface area contributed by atoms with Crippen LogP contribution in [0.4, 0.5) is 4.79 Å². The van der Waals surface area contributed by atoms with Crippen LogP contribution in [0.2, 0.25) is 0 Å². The summed E-state index contributed by atoms with van der Waals surface area (Å²) in [6.07, 6.45) is 5.12. The molecule has 2 aromatic rings. The fourth-order valence-corrected chi connectivity index (χ4v) is 5.18. The molecule has 236 valence electrons. The van der Waals surface area contributed by atoms with E-state index in [4.69, 9.17) is 19.9 Å². The third kappa shape index (κ3) is 11.6. The molecule has 1 saturated carbocycles. The highest BCUT2D eigenvalue weighted by Crippen LogP contribution is 2.30. The van der Waals surface area contributed by atoms with E-state index in [9.17, 15) is 14.4 Å². The molecule has 0 bridgehead atoms. The minimum Gasteiger partial charge on any atom is -0.460 e. The van der Waals surface area contributed by atoms with Crippen molar-refractivity contribution in [1.82, 2.24) is 15.4 Å². The zero-order chi connectivity index (χ0) is 31.6. The maximum atomic E-state index is 13.9. The Morgan fingerprint density at radius 3 is 2.14 bits per heavy atom. The average Bonchev–Trinajstić information content (AvgIpc) is 2.92. The van der Waals surface area contributed by atoms with E-state index < -0.39 is 47.3 Å². The molecule has 10 heteroatoms. The summed E-state index contributed by atoms with van der Waals surface area (Å²) in [6, 6.07) is 13.2. The smallest absolute Gasteiger partial charge is 0.422 e. The number of pyridine rings is 1. The van der Waals surface area contributed by atoms with Gasteiger partial charge in [-0.05, 0) is 78.0 Å². The highest BCUT2D eigenvalue weighted by atomic mass is 16.6. The number of esters is 2. The van der Waals surface area contributed by atoms with Crippen LogP contribution in [0.5, 0.6) is 0 Å². The van der Waals surface area contributed by atoms with E-state index in [2.05, 4.69) is 10.4 Å². The zero-order valence-electron chi connectivity index (χ0n) is 26.4. The Kier molecular flexibility index (Phi) is 12.1. The number of ether oxygens (including phenoxy) is 3. The topological polar surface area (TPSA) is 133 Å². The molecule has 1 heterocycles. The second-order valence-electron chi connectivity index (χ2n) is 13.2. The predicted molar refractivity (Wildman–Crippen MR) is 164 cm³/mol. The molecule has 1 fully saturated rings. The summed E-state index contributed by atoms with van der Waals surface area (Å²) in [6.45, 7) is 11.1. The van der Waals surface area contributed by atoms with Gasteiger partial charge in [0.25, 0.3) is 0 Å². The molecule has 10 nitrogen and oxygen atoms in total. The van der Waals surface area contributed by atoms with E-state index in [1.807, 2.05) is 30.3 Å². The average molecular weight is 597 g/mol. The van der Waals surface area contributed by atoms with E-state index in [-0.39, 0.29) is 12.2 Å². The van der Waals surface area contributed by atoms with Crippen molar-refractivity contribution in [3.8, 4) is 0 Å². The van der Waals surface area contributed by atoms with Crippen LogP contribution in [0, 0.1) is 11.8 Å². The minimum atomic E-state index is -1.11. The molecule has 1 aromatic carbocycles. The number of hydrazine groups is 1. The molecule has 43 heavy (non-hydrogen) atoms.